The highest BCUT2D eigenvalue weighted by molar-refractivity contribution is 7.88. The summed E-state index contributed by atoms with van der Waals surface area (Å²) in [4.78, 5) is 15.3. The number of aryl methyl sites for hydroxylation is 1. The van der Waals surface area contributed by atoms with Gasteiger partial charge in [0.2, 0.25) is 10.0 Å². The van der Waals surface area contributed by atoms with Gasteiger partial charge >= 0.3 is 0 Å². The minimum absolute atomic E-state index is 0.00314. The second-order valence-corrected chi connectivity index (χ2v) is 14.7. The Bertz CT molecular complexity index is 2080. The molecule has 7 rings (SSSR count). The molecule has 1 amide bonds. The van der Waals surface area contributed by atoms with E-state index in [2.05, 4.69) is 46.5 Å². The van der Waals surface area contributed by atoms with Gasteiger partial charge < -0.3 is 19.9 Å². The Morgan fingerprint density at radius 1 is 1.09 bits per heavy atom. The molecule has 3 N–H and O–H groups in total. The average molecular weight is 641 g/mol. The number of hydrogen-bond donors (Lipinski definition) is 2. The third-order valence-corrected chi connectivity index (χ3v) is 9.89. The molecule has 2 aliphatic rings. The van der Waals surface area contributed by atoms with E-state index in [0.717, 1.165) is 69.4 Å². The molecule has 3 aromatic heterocycles. The standard InChI is InChI=1S/C35H40N6O4S/c1-22-33(38-41-20-28(17-32(45-2)34(22)41)35(42)39-13-5-8-29(36)21-39)31-16-27-12-11-26(15-30(27)40(31)19-23-9-10-23)25-7-4-6-24(14-25)18-37-46(3,43)44/h4,6-7,11-12,14-17,20,23,29,37H,5,8-10,13,18-19,21,36H2,1-3H3/t29-/m1/s1. The molecule has 11 heteroatoms. The first-order valence-corrected chi connectivity index (χ1v) is 17.8. The van der Waals surface area contributed by atoms with Crippen molar-refractivity contribution >= 4 is 32.4 Å². The molecule has 1 saturated heterocycles. The average Bonchev–Trinajstić information content (AvgIpc) is 3.72. The van der Waals surface area contributed by atoms with E-state index in [1.807, 2.05) is 35.4 Å². The Morgan fingerprint density at radius 2 is 1.89 bits per heavy atom. The lowest BCUT2D eigenvalue weighted by Gasteiger charge is -2.30. The molecule has 2 fully saturated rings. The van der Waals surface area contributed by atoms with Gasteiger partial charge in [0, 0.05) is 54.9 Å². The molecule has 1 aliphatic carbocycles. The Balaban J connectivity index is 1.30. The maximum absolute atomic E-state index is 13.5. The van der Waals surface area contributed by atoms with Crippen molar-refractivity contribution in [3.8, 4) is 28.3 Å². The van der Waals surface area contributed by atoms with Gasteiger partial charge in [-0.25, -0.2) is 17.7 Å². The summed E-state index contributed by atoms with van der Waals surface area (Å²) in [6.45, 7) is 4.44. The number of sulfonamides is 1. The molecule has 1 aliphatic heterocycles. The molecule has 46 heavy (non-hydrogen) atoms. The number of ether oxygens (including phenoxy) is 1. The summed E-state index contributed by atoms with van der Waals surface area (Å²) in [7, 11) is -1.66. The number of nitrogens with two attached hydrogens (primary N) is 1. The summed E-state index contributed by atoms with van der Waals surface area (Å²) in [6.07, 6.45) is 7.22. The van der Waals surface area contributed by atoms with E-state index in [-0.39, 0.29) is 18.5 Å². The molecule has 4 heterocycles. The number of nitrogens with one attached hydrogen (secondary N) is 1. The topological polar surface area (TPSA) is 124 Å². The van der Waals surface area contributed by atoms with Gasteiger partial charge in [0.1, 0.15) is 17.0 Å². The van der Waals surface area contributed by atoms with Gasteiger partial charge in [0.15, 0.2) is 0 Å². The lowest BCUT2D eigenvalue weighted by atomic mass is 10.0. The number of carbonyl (C=O) groups excluding carboxylic acids is 1. The number of aromatic nitrogens is 3. The van der Waals surface area contributed by atoms with Crippen molar-refractivity contribution in [3.05, 3.63) is 77.5 Å². The third-order valence-electron chi connectivity index (χ3n) is 9.22. The highest BCUT2D eigenvalue weighted by Crippen LogP contribution is 2.39. The Labute approximate surface area is 269 Å². The summed E-state index contributed by atoms with van der Waals surface area (Å²) in [6, 6.07) is 18.5. The second kappa shape index (κ2) is 11.9. The third kappa shape index (κ3) is 6.02. The first kappa shape index (κ1) is 30.5. The second-order valence-electron chi connectivity index (χ2n) is 12.9. The van der Waals surface area contributed by atoms with Crippen LogP contribution in [0.1, 0.15) is 47.2 Å². The van der Waals surface area contributed by atoms with Crippen LogP contribution in [0.25, 0.3) is 38.9 Å². The zero-order valence-corrected chi connectivity index (χ0v) is 27.3. The number of fused-ring (bicyclic) bond motifs is 2. The SMILES string of the molecule is COc1cc(C(=O)N2CCC[C@@H](N)C2)cn2nc(-c3cc4ccc(-c5cccc(CNS(C)(=O)=O)c5)cc4n3CC3CC3)c(C)c12. The first-order valence-electron chi connectivity index (χ1n) is 15.9. The van der Waals surface area contributed by atoms with Crippen LogP contribution in [-0.2, 0) is 23.1 Å². The van der Waals surface area contributed by atoms with Crippen molar-refractivity contribution in [1.82, 2.24) is 23.8 Å². The fourth-order valence-electron chi connectivity index (χ4n) is 6.64. The number of amides is 1. The number of carbonyl (C=O) groups is 1. The highest BCUT2D eigenvalue weighted by atomic mass is 32.2. The van der Waals surface area contributed by atoms with E-state index in [9.17, 15) is 13.2 Å². The van der Waals surface area contributed by atoms with Gasteiger partial charge in [0.05, 0.1) is 24.6 Å². The van der Waals surface area contributed by atoms with E-state index in [1.165, 1.54) is 19.1 Å². The quantitative estimate of drug-likeness (QED) is 0.235. The zero-order chi connectivity index (χ0) is 32.2. The van der Waals surface area contributed by atoms with Gasteiger partial charge in [-0.2, -0.15) is 5.10 Å². The van der Waals surface area contributed by atoms with Crippen LogP contribution in [-0.4, -0.2) is 65.9 Å². The van der Waals surface area contributed by atoms with Gasteiger partial charge in [-0.1, -0.05) is 30.3 Å². The summed E-state index contributed by atoms with van der Waals surface area (Å²) in [5.74, 6) is 1.17. The van der Waals surface area contributed by atoms with Crippen LogP contribution in [0, 0.1) is 12.8 Å². The fourth-order valence-corrected chi connectivity index (χ4v) is 7.07. The molecule has 1 atom stereocenters. The van der Waals surface area contributed by atoms with Crippen molar-refractivity contribution in [1.29, 1.82) is 0 Å². The van der Waals surface area contributed by atoms with Crippen molar-refractivity contribution < 1.29 is 17.9 Å². The molecule has 0 spiro atoms. The predicted octanol–water partition coefficient (Wildman–Crippen LogP) is 4.96. The summed E-state index contributed by atoms with van der Waals surface area (Å²) < 4.78 is 35.9. The van der Waals surface area contributed by atoms with Crippen LogP contribution >= 0.6 is 0 Å². The van der Waals surface area contributed by atoms with Crippen LogP contribution in [0.15, 0.2) is 60.8 Å². The van der Waals surface area contributed by atoms with Crippen LogP contribution < -0.4 is 15.2 Å². The smallest absolute Gasteiger partial charge is 0.255 e. The van der Waals surface area contributed by atoms with Gasteiger partial charge in [-0.15, -0.1) is 0 Å². The highest BCUT2D eigenvalue weighted by Gasteiger charge is 2.28. The molecule has 5 aromatic rings. The van der Waals surface area contributed by atoms with Gasteiger partial charge in [0.25, 0.3) is 5.91 Å². The lowest BCUT2D eigenvalue weighted by molar-refractivity contribution is 0.0707. The van der Waals surface area contributed by atoms with Crippen molar-refractivity contribution in [2.45, 2.75) is 51.7 Å². The van der Waals surface area contributed by atoms with E-state index in [4.69, 9.17) is 15.6 Å². The number of benzene rings is 2. The van der Waals surface area contributed by atoms with Crippen LogP contribution in [0.5, 0.6) is 5.75 Å². The maximum Gasteiger partial charge on any atom is 0.255 e. The number of hydrogen-bond acceptors (Lipinski definition) is 6. The fraction of sp³-hybridized carbons (Fsp3) is 0.371. The summed E-state index contributed by atoms with van der Waals surface area (Å²) >= 11 is 0. The largest absolute Gasteiger partial charge is 0.494 e. The number of pyridine rings is 1. The zero-order valence-electron chi connectivity index (χ0n) is 26.5. The molecule has 0 radical (unpaired) electrons. The summed E-state index contributed by atoms with van der Waals surface area (Å²) in [5, 5.41) is 6.20. The van der Waals surface area contributed by atoms with Crippen LogP contribution in [0.3, 0.4) is 0 Å². The molecular weight excluding hydrogens is 600 g/mol. The van der Waals surface area contributed by atoms with E-state index >= 15 is 0 Å². The number of rotatable bonds is 9. The Morgan fingerprint density at radius 3 is 2.63 bits per heavy atom. The minimum Gasteiger partial charge on any atom is -0.494 e. The van der Waals surface area contributed by atoms with Crippen molar-refractivity contribution in [2.24, 2.45) is 11.7 Å². The molecule has 1 saturated carbocycles. The number of nitrogens with zero attached hydrogens (tertiary/aromatic N) is 4. The van der Waals surface area contributed by atoms with E-state index < -0.39 is 10.0 Å². The minimum atomic E-state index is -3.29. The van der Waals surface area contributed by atoms with E-state index in [0.29, 0.717) is 30.3 Å². The first-order chi connectivity index (χ1) is 22.1. The molecule has 0 unspecified atom stereocenters. The maximum atomic E-state index is 13.5. The van der Waals surface area contributed by atoms with Crippen LogP contribution in [0.2, 0.25) is 0 Å². The van der Waals surface area contributed by atoms with E-state index in [1.54, 1.807) is 11.6 Å². The monoisotopic (exact) mass is 640 g/mol. The Kier molecular flexibility index (Phi) is 7.86. The van der Waals surface area contributed by atoms with Gasteiger partial charge in [-0.05, 0) is 79.5 Å². The number of likely N-dealkylation sites (tertiary alicyclic amines) is 1. The molecule has 10 nitrogen and oxygen atoms in total. The Hall–Kier alpha value is -4.19. The molecule has 2 aromatic carbocycles. The molecular formula is C35H40N6O4S. The number of methoxy groups -OCH3 is 1. The normalized spacial score (nSPS) is 17.2. The lowest BCUT2D eigenvalue weighted by Crippen LogP contribution is -2.45. The molecule has 0 bridgehead atoms. The predicted molar refractivity (Wildman–Crippen MR) is 180 cm³/mol. The van der Waals surface area contributed by atoms with Crippen molar-refractivity contribution in [2.75, 3.05) is 26.5 Å². The number of piperidine rings is 1. The van der Waals surface area contributed by atoms with Crippen molar-refractivity contribution in [3.63, 3.8) is 0 Å². The summed E-state index contributed by atoms with van der Waals surface area (Å²) in [5.41, 5.74) is 14.5. The molecule has 240 valence electrons. The van der Waals surface area contributed by atoms with Crippen LogP contribution in [0.4, 0.5) is 0 Å². The van der Waals surface area contributed by atoms with Gasteiger partial charge in [-0.3, -0.25) is 4.79 Å².